The average molecular weight is 389 g/mol. The van der Waals surface area contributed by atoms with E-state index in [1.807, 2.05) is 0 Å². The van der Waals surface area contributed by atoms with Gasteiger partial charge in [0.15, 0.2) is 0 Å². The van der Waals surface area contributed by atoms with Gasteiger partial charge in [-0.2, -0.15) is 0 Å². The van der Waals surface area contributed by atoms with Gasteiger partial charge in [-0.15, -0.1) is 22.7 Å². The predicted molar refractivity (Wildman–Crippen MR) is 99.1 cm³/mol. The topological polar surface area (TPSA) is 101 Å². The van der Waals surface area contributed by atoms with Crippen molar-refractivity contribution in [2.24, 2.45) is 0 Å². The van der Waals surface area contributed by atoms with Gasteiger partial charge in [-0.05, 0) is 41.8 Å². The Hall–Kier alpha value is -2.52. The number of fused-ring (bicyclic) bond motifs is 3. The highest BCUT2D eigenvalue weighted by atomic mass is 32.1. The molecule has 9 heteroatoms. The highest BCUT2D eigenvalue weighted by molar-refractivity contribution is 7.18. The number of nitrogens with one attached hydrogen (secondary N) is 2. The maximum atomic E-state index is 12.4. The Morgan fingerprint density at radius 2 is 2.23 bits per heavy atom. The fourth-order valence-electron chi connectivity index (χ4n) is 3.05. The summed E-state index contributed by atoms with van der Waals surface area (Å²) < 4.78 is 4.66. The third-order valence-electron chi connectivity index (χ3n) is 4.28. The smallest absolute Gasteiger partial charge is 0.348 e. The van der Waals surface area contributed by atoms with Crippen molar-refractivity contribution >= 4 is 44.8 Å². The van der Waals surface area contributed by atoms with Gasteiger partial charge in [0.05, 0.1) is 12.5 Å². The van der Waals surface area contributed by atoms with Crippen molar-refractivity contribution in [3.8, 4) is 0 Å². The Morgan fingerprint density at radius 3 is 3.04 bits per heavy atom. The summed E-state index contributed by atoms with van der Waals surface area (Å²) in [5, 5.41) is 5.11. The highest BCUT2D eigenvalue weighted by Gasteiger charge is 2.22. The largest absolute Gasteiger partial charge is 0.465 e. The Kier molecular flexibility index (Phi) is 4.33. The van der Waals surface area contributed by atoms with Crippen LogP contribution in [-0.2, 0) is 24.1 Å². The first-order valence-corrected chi connectivity index (χ1v) is 9.75. The zero-order valence-corrected chi connectivity index (χ0v) is 15.5. The number of nitrogens with zero attached hydrogens (tertiary/aromatic N) is 1. The number of aromatic amines is 1. The third kappa shape index (κ3) is 2.93. The van der Waals surface area contributed by atoms with E-state index < -0.39 is 11.9 Å². The minimum absolute atomic E-state index is 0.00541. The van der Waals surface area contributed by atoms with Gasteiger partial charge in [0, 0.05) is 11.4 Å². The van der Waals surface area contributed by atoms with Crippen LogP contribution in [0, 0.1) is 0 Å². The SMILES string of the molecule is COC(=O)c1cc(CNC(=O)c2nc3sc4c(c3c(=O)[nH]2)CCC4)cs1. The van der Waals surface area contributed by atoms with E-state index in [-0.39, 0.29) is 17.9 Å². The molecule has 0 unspecified atom stereocenters. The highest BCUT2D eigenvalue weighted by Crippen LogP contribution is 2.34. The molecule has 0 bridgehead atoms. The quantitative estimate of drug-likeness (QED) is 0.667. The second kappa shape index (κ2) is 6.65. The van der Waals surface area contributed by atoms with Crippen molar-refractivity contribution in [2.45, 2.75) is 25.8 Å². The summed E-state index contributed by atoms with van der Waals surface area (Å²) in [6, 6.07) is 1.67. The zero-order chi connectivity index (χ0) is 18.3. The van der Waals surface area contributed by atoms with Gasteiger partial charge in [-0.1, -0.05) is 0 Å². The molecule has 2 N–H and O–H groups in total. The molecule has 0 fully saturated rings. The number of amides is 1. The van der Waals surface area contributed by atoms with E-state index in [0.717, 1.165) is 30.4 Å². The fourth-order valence-corrected chi connectivity index (χ4v) is 5.14. The molecule has 3 heterocycles. The lowest BCUT2D eigenvalue weighted by molar-refractivity contribution is 0.0606. The summed E-state index contributed by atoms with van der Waals surface area (Å²) in [4.78, 5) is 45.4. The van der Waals surface area contributed by atoms with Crippen LogP contribution in [0.25, 0.3) is 10.2 Å². The molecule has 0 aromatic carbocycles. The van der Waals surface area contributed by atoms with Crippen molar-refractivity contribution in [3.05, 3.63) is 48.5 Å². The van der Waals surface area contributed by atoms with Crippen LogP contribution in [0.1, 0.15) is 42.7 Å². The van der Waals surface area contributed by atoms with Crippen LogP contribution in [0.4, 0.5) is 0 Å². The van der Waals surface area contributed by atoms with Gasteiger partial charge in [0.1, 0.15) is 9.71 Å². The second-order valence-electron chi connectivity index (χ2n) is 5.95. The molecule has 0 atom stereocenters. The van der Waals surface area contributed by atoms with E-state index in [2.05, 4.69) is 20.0 Å². The van der Waals surface area contributed by atoms with E-state index in [1.165, 1.54) is 34.7 Å². The molecule has 3 aromatic heterocycles. The monoisotopic (exact) mass is 389 g/mol. The van der Waals surface area contributed by atoms with Gasteiger partial charge >= 0.3 is 5.97 Å². The number of carbonyl (C=O) groups excluding carboxylic acids is 2. The lowest BCUT2D eigenvalue weighted by Crippen LogP contribution is -2.27. The van der Waals surface area contributed by atoms with E-state index in [1.54, 1.807) is 11.4 Å². The molecule has 7 nitrogen and oxygen atoms in total. The first-order valence-electron chi connectivity index (χ1n) is 8.05. The van der Waals surface area contributed by atoms with Crippen LogP contribution >= 0.6 is 22.7 Å². The standard InChI is InChI=1S/C17H15N3O4S2/c1-24-17(23)11-5-8(7-25-11)6-18-15(22)13-19-14(21)12-9-3-2-4-10(9)26-16(12)20-13/h5,7H,2-4,6H2,1H3,(H,18,22)(H,19,20,21). The van der Waals surface area contributed by atoms with Gasteiger partial charge in [-0.25, -0.2) is 9.78 Å². The van der Waals surface area contributed by atoms with Crippen LogP contribution in [0.15, 0.2) is 16.2 Å². The summed E-state index contributed by atoms with van der Waals surface area (Å²) in [5.41, 5.74) is 1.60. The number of hydrogen-bond acceptors (Lipinski definition) is 7. The lowest BCUT2D eigenvalue weighted by Gasteiger charge is -2.03. The van der Waals surface area contributed by atoms with E-state index in [4.69, 9.17) is 0 Å². The number of hydrogen-bond donors (Lipinski definition) is 2. The summed E-state index contributed by atoms with van der Waals surface area (Å²) in [6.07, 6.45) is 2.93. The number of thiophene rings is 2. The molecular formula is C17H15N3O4S2. The lowest BCUT2D eigenvalue weighted by atomic mass is 10.2. The van der Waals surface area contributed by atoms with E-state index >= 15 is 0 Å². The van der Waals surface area contributed by atoms with Crippen LogP contribution in [0.3, 0.4) is 0 Å². The second-order valence-corrected chi connectivity index (χ2v) is 7.94. The summed E-state index contributed by atoms with van der Waals surface area (Å²) in [6.45, 7) is 0.231. The minimum atomic E-state index is -0.455. The molecule has 1 aliphatic rings. The molecule has 26 heavy (non-hydrogen) atoms. The zero-order valence-electron chi connectivity index (χ0n) is 13.9. The molecule has 3 aromatic rings. The van der Waals surface area contributed by atoms with E-state index in [0.29, 0.717) is 15.1 Å². The molecule has 0 saturated carbocycles. The van der Waals surface area contributed by atoms with Crippen molar-refractivity contribution in [2.75, 3.05) is 7.11 Å². The predicted octanol–water partition coefficient (Wildman–Crippen LogP) is 2.25. The molecule has 1 aliphatic carbocycles. The van der Waals surface area contributed by atoms with Gasteiger partial charge < -0.3 is 15.0 Å². The van der Waals surface area contributed by atoms with Gasteiger partial charge in [0.25, 0.3) is 11.5 Å². The number of esters is 1. The number of aryl methyl sites for hydroxylation is 2. The number of methoxy groups -OCH3 is 1. The molecule has 4 rings (SSSR count). The number of carbonyl (C=O) groups is 2. The molecule has 0 aliphatic heterocycles. The summed E-state index contributed by atoms with van der Waals surface area (Å²) in [7, 11) is 1.32. The fraction of sp³-hybridized carbons (Fsp3) is 0.294. The molecule has 1 amide bonds. The maximum Gasteiger partial charge on any atom is 0.348 e. The number of aromatic nitrogens is 2. The maximum absolute atomic E-state index is 12.4. The van der Waals surface area contributed by atoms with Crippen molar-refractivity contribution < 1.29 is 14.3 Å². The molecule has 0 saturated heterocycles. The van der Waals surface area contributed by atoms with Crippen molar-refractivity contribution in [3.63, 3.8) is 0 Å². The van der Waals surface area contributed by atoms with Gasteiger partial charge in [0.2, 0.25) is 5.82 Å². The number of H-pyrrole nitrogens is 1. The molecular weight excluding hydrogens is 374 g/mol. The Labute approximate surface area is 156 Å². The Bertz CT molecular complexity index is 1080. The van der Waals surface area contributed by atoms with Gasteiger partial charge in [-0.3, -0.25) is 9.59 Å². The van der Waals surface area contributed by atoms with Crippen LogP contribution in [0.2, 0.25) is 0 Å². The van der Waals surface area contributed by atoms with Crippen LogP contribution in [-0.4, -0.2) is 29.0 Å². The normalized spacial score (nSPS) is 13.0. The van der Waals surface area contributed by atoms with E-state index in [9.17, 15) is 14.4 Å². The molecule has 0 spiro atoms. The van der Waals surface area contributed by atoms with Crippen LogP contribution < -0.4 is 10.9 Å². The first-order chi connectivity index (χ1) is 12.6. The summed E-state index contributed by atoms with van der Waals surface area (Å²) >= 11 is 2.74. The average Bonchev–Trinajstić information content (AvgIpc) is 3.33. The Balaban J connectivity index is 1.52. The third-order valence-corrected chi connectivity index (χ3v) is 6.43. The first kappa shape index (κ1) is 16.9. The van der Waals surface area contributed by atoms with Crippen LogP contribution in [0.5, 0.6) is 0 Å². The van der Waals surface area contributed by atoms with Crippen molar-refractivity contribution in [1.82, 2.24) is 15.3 Å². The minimum Gasteiger partial charge on any atom is -0.465 e. The van der Waals surface area contributed by atoms with Crippen molar-refractivity contribution in [1.29, 1.82) is 0 Å². The summed E-state index contributed by atoms with van der Waals surface area (Å²) in [5.74, 6) is -0.857. The molecule has 0 radical (unpaired) electrons. The Morgan fingerprint density at radius 1 is 1.38 bits per heavy atom. The number of ether oxygens (including phenoxy) is 1. The molecule has 134 valence electrons. The number of rotatable bonds is 4.